The number of carbonyl (C=O) groups is 1. The summed E-state index contributed by atoms with van der Waals surface area (Å²) >= 11 is 5.80. The Balaban J connectivity index is 2.11. The Morgan fingerprint density at radius 1 is 1.30 bits per heavy atom. The molecule has 0 aliphatic rings. The summed E-state index contributed by atoms with van der Waals surface area (Å²) < 4.78 is 50.8. The van der Waals surface area contributed by atoms with Gasteiger partial charge in [-0.1, -0.05) is 16.8 Å². The molecule has 1 atom stereocenters. The van der Waals surface area contributed by atoms with Crippen LogP contribution in [0.4, 0.5) is 18.0 Å². The summed E-state index contributed by atoms with van der Waals surface area (Å²) in [5.74, 6) is -0.373. The number of rotatable bonds is 4. The zero-order valence-corrected chi connectivity index (χ0v) is 15.6. The van der Waals surface area contributed by atoms with Gasteiger partial charge in [-0.3, -0.25) is 0 Å². The molecule has 1 heterocycles. The first-order valence-electron chi connectivity index (χ1n) is 7.73. The lowest BCUT2D eigenvalue weighted by Crippen LogP contribution is -2.34. The number of alkyl halides is 3. The lowest BCUT2D eigenvalue weighted by molar-refractivity contribution is -0.274. The Kier molecular flexibility index (Phi) is 5.88. The van der Waals surface area contributed by atoms with Crippen LogP contribution in [0.2, 0.25) is 5.02 Å². The molecule has 2 rings (SSSR count). The maximum atomic E-state index is 12.3. The average Bonchev–Trinajstić information content (AvgIpc) is 2.96. The quantitative estimate of drug-likeness (QED) is 0.777. The predicted octanol–water partition coefficient (Wildman–Crippen LogP) is 4.87. The van der Waals surface area contributed by atoms with Crippen LogP contribution in [-0.2, 0) is 4.74 Å². The molecule has 148 valence electrons. The largest absolute Gasteiger partial charge is 0.573 e. The van der Waals surface area contributed by atoms with Gasteiger partial charge in [-0.25, -0.2) is 4.79 Å². The third-order valence-electron chi connectivity index (χ3n) is 2.96. The number of benzene rings is 1. The van der Waals surface area contributed by atoms with Gasteiger partial charge in [0.2, 0.25) is 11.7 Å². The number of alkyl carbamates (subject to hydrolysis) is 1. The van der Waals surface area contributed by atoms with Crippen molar-refractivity contribution in [1.82, 2.24) is 15.5 Å². The van der Waals surface area contributed by atoms with Crippen LogP contribution in [-0.4, -0.2) is 28.2 Å². The third-order valence-corrected chi connectivity index (χ3v) is 3.26. The van der Waals surface area contributed by atoms with Crippen LogP contribution in [0, 0.1) is 0 Å². The lowest BCUT2D eigenvalue weighted by atomic mass is 10.2. The van der Waals surface area contributed by atoms with Crippen LogP contribution in [0.3, 0.4) is 0 Å². The van der Waals surface area contributed by atoms with E-state index in [-0.39, 0.29) is 16.7 Å². The minimum atomic E-state index is -4.85. The van der Waals surface area contributed by atoms with Crippen molar-refractivity contribution in [2.24, 2.45) is 0 Å². The molecule has 0 aliphatic heterocycles. The van der Waals surface area contributed by atoms with Crippen LogP contribution >= 0.6 is 11.6 Å². The molecule has 0 spiro atoms. The zero-order valence-electron chi connectivity index (χ0n) is 14.8. The van der Waals surface area contributed by atoms with Crippen molar-refractivity contribution in [3.63, 3.8) is 0 Å². The fourth-order valence-corrected chi connectivity index (χ4v) is 2.14. The standard InChI is InChI=1S/C16H17ClF3N3O4/c1-8(21-14(24)26-15(2,3)4)13-22-12(23-27-13)9-5-6-11(10(17)7-9)25-16(18,19)20/h5-8H,1-4H3,(H,21,24)/t8-/m0/s1. The Morgan fingerprint density at radius 2 is 1.96 bits per heavy atom. The van der Waals surface area contributed by atoms with Crippen LogP contribution < -0.4 is 10.1 Å². The van der Waals surface area contributed by atoms with E-state index < -0.39 is 29.8 Å². The smallest absolute Gasteiger partial charge is 0.444 e. The number of hydrogen-bond donors (Lipinski definition) is 1. The summed E-state index contributed by atoms with van der Waals surface area (Å²) in [6, 6.07) is 2.91. The number of nitrogens with zero attached hydrogens (tertiary/aromatic N) is 2. The molecule has 2 aromatic rings. The van der Waals surface area contributed by atoms with E-state index in [1.165, 1.54) is 12.1 Å². The molecule has 1 amide bonds. The van der Waals surface area contributed by atoms with Crippen LogP contribution in [0.5, 0.6) is 5.75 Å². The van der Waals surface area contributed by atoms with Gasteiger partial charge in [-0.05, 0) is 45.9 Å². The van der Waals surface area contributed by atoms with E-state index in [9.17, 15) is 18.0 Å². The van der Waals surface area contributed by atoms with Crippen LogP contribution in [0.25, 0.3) is 11.4 Å². The molecule has 1 aromatic heterocycles. The maximum absolute atomic E-state index is 12.3. The predicted molar refractivity (Wildman–Crippen MR) is 89.2 cm³/mol. The van der Waals surface area contributed by atoms with Gasteiger partial charge in [0.05, 0.1) is 5.02 Å². The fraction of sp³-hybridized carbons (Fsp3) is 0.438. The molecule has 0 saturated heterocycles. The normalized spacial score (nSPS) is 13.2. The van der Waals surface area contributed by atoms with E-state index in [0.717, 1.165) is 6.07 Å². The Labute approximate surface area is 157 Å². The van der Waals surface area contributed by atoms with Gasteiger partial charge in [-0.15, -0.1) is 13.2 Å². The van der Waals surface area contributed by atoms with Gasteiger partial charge in [-0.2, -0.15) is 4.98 Å². The van der Waals surface area contributed by atoms with Crippen molar-refractivity contribution in [2.45, 2.75) is 45.7 Å². The summed E-state index contributed by atoms with van der Waals surface area (Å²) in [4.78, 5) is 15.9. The average molecular weight is 408 g/mol. The highest BCUT2D eigenvalue weighted by Gasteiger charge is 2.32. The molecule has 0 radical (unpaired) electrons. The molecule has 0 fully saturated rings. The SMILES string of the molecule is C[C@H](NC(=O)OC(C)(C)C)c1nc(-c2ccc(OC(F)(F)F)c(Cl)c2)no1. The second-order valence-corrected chi connectivity index (χ2v) is 6.92. The zero-order chi connectivity index (χ0) is 20.4. The number of hydrogen-bond acceptors (Lipinski definition) is 6. The second-order valence-electron chi connectivity index (χ2n) is 6.52. The highest BCUT2D eigenvalue weighted by atomic mass is 35.5. The maximum Gasteiger partial charge on any atom is 0.573 e. The number of ether oxygens (including phenoxy) is 2. The van der Waals surface area contributed by atoms with Gasteiger partial charge in [0.1, 0.15) is 17.4 Å². The van der Waals surface area contributed by atoms with E-state index >= 15 is 0 Å². The van der Waals surface area contributed by atoms with E-state index in [2.05, 4.69) is 20.2 Å². The molecule has 1 aromatic carbocycles. The van der Waals surface area contributed by atoms with Gasteiger partial charge in [0.25, 0.3) is 0 Å². The number of carbonyl (C=O) groups excluding carboxylic acids is 1. The number of amides is 1. The van der Waals surface area contributed by atoms with Gasteiger partial charge in [0, 0.05) is 5.56 Å². The fourth-order valence-electron chi connectivity index (χ4n) is 1.92. The van der Waals surface area contributed by atoms with Crippen LogP contribution in [0.15, 0.2) is 22.7 Å². The summed E-state index contributed by atoms with van der Waals surface area (Å²) in [5.41, 5.74) is -0.352. The molecule has 7 nitrogen and oxygen atoms in total. The molecule has 27 heavy (non-hydrogen) atoms. The Hall–Kier alpha value is -2.49. The van der Waals surface area contributed by atoms with Gasteiger partial charge >= 0.3 is 12.5 Å². The van der Waals surface area contributed by atoms with Crippen molar-refractivity contribution in [1.29, 1.82) is 0 Å². The molecular weight excluding hydrogens is 391 g/mol. The summed E-state index contributed by atoms with van der Waals surface area (Å²) in [6.07, 6.45) is -5.51. The lowest BCUT2D eigenvalue weighted by Gasteiger charge is -2.20. The number of halogens is 4. The summed E-state index contributed by atoms with van der Waals surface area (Å²) in [5, 5.41) is 6.00. The van der Waals surface area contributed by atoms with E-state index in [4.69, 9.17) is 20.9 Å². The summed E-state index contributed by atoms with van der Waals surface area (Å²) in [7, 11) is 0. The van der Waals surface area contributed by atoms with E-state index in [1.807, 2.05) is 0 Å². The first kappa shape index (κ1) is 20.8. The molecular formula is C16H17ClF3N3O4. The Bertz CT molecular complexity index is 818. The van der Waals surface area contributed by atoms with Crippen molar-refractivity contribution in [3.8, 4) is 17.1 Å². The van der Waals surface area contributed by atoms with Crippen molar-refractivity contribution >= 4 is 17.7 Å². The minimum Gasteiger partial charge on any atom is -0.444 e. The topological polar surface area (TPSA) is 86.5 Å². The van der Waals surface area contributed by atoms with Gasteiger partial charge in [0.15, 0.2) is 0 Å². The molecule has 0 aliphatic carbocycles. The third kappa shape index (κ3) is 6.31. The van der Waals surface area contributed by atoms with Gasteiger partial charge < -0.3 is 19.3 Å². The highest BCUT2D eigenvalue weighted by molar-refractivity contribution is 6.32. The van der Waals surface area contributed by atoms with Crippen LogP contribution in [0.1, 0.15) is 39.6 Å². The number of nitrogens with one attached hydrogen (secondary N) is 1. The molecule has 0 unspecified atom stereocenters. The van der Waals surface area contributed by atoms with E-state index in [1.54, 1.807) is 27.7 Å². The number of aromatic nitrogens is 2. The first-order valence-corrected chi connectivity index (χ1v) is 8.10. The molecule has 0 saturated carbocycles. The van der Waals surface area contributed by atoms with E-state index in [0.29, 0.717) is 5.56 Å². The second kappa shape index (κ2) is 7.63. The summed E-state index contributed by atoms with van der Waals surface area (Å²) in [6.45, 7) is 6.77. The first-order chi connectivity index (χ1) is 12.3. The molecule has 0 bridgehead atoms. The minimum absolute atomic E-state index is 0.0857. The van der Waals surface area contributed by atoms with Crippen molar-refractivity contribution in [3.05, 3.63) is 29.1 Å². The van der Waals surface area contributed by atoms with Crippen molar-refractivity contribution < 1.29 is 32.0 Å². The van der Waals surface area contributed by atoms with Crippen molar-refractivity contribution in [2.75, 3.05) is 0 Å². The Morgan fingerprint density at radius 3 is 2.52 bits per heavy atom. The highest BCUT2D eigenvalue weighted by Crippen LogP contribution is 2.33. The molecule has 11 heteroatoms. The monoisotopic (exact) mass is 407 g/mol. The molecule has 1 N–H and O–H groups in total.